The molecule has 5 aliphatic heterocycles. The summed E-state index contributed by atoms with van der Waals surface area (Å²) >= 11 is 0. The minimum atomic E-state index is -3.18. The van der Waals surface area contributed by atoms with Gasteiger partial charge in [0, 0.05) is 20.3 Å². The van der Waals surface area contributed by atoms with Crippen molar-refractivity contribution in [1.29, 1.82) is 0 Å². The van der Waals surface area contributed by atoms with E-state index in [0.717, 1.165) is 13.8 Å². The first-order valence-electron chi connectivity index (χ1n) is 21.2. The second-order valence-electron chi connectivity index (χ2n) is 16.8. The summed E-state index contributed by atoms with van der Waals surface area (Å²) in [5.41, 5.74) is 0. The van der Waals surface area contributed by atoms with Crippen molar-refractivity contribution in [1.82, 2.24) is 10.6 Å². The van der Waals surface area contributed by atoms with E-state index in [0.29, 0.717) is 0 Å². The van der Waals surface area contributed by atoms with Crippen molar-refractivity contribution >= 4 is 17.8 Å². The van der Waals surface area contributed by atoms with Gasteiger partial charge in [0.1, 0.15) is 116 Å². The van der Waals surface area contributed by atoms with Gasteiger partial charge in [0.05, 0.1) is 45.2 Å². The van der Waals surface area contributed by atoms with Crippen LogP contribution >= 0.6 is 0 Å². The summed E-state index contributed by atoms with van der Waals surface area (Å²) in [5.74, 6) is -6.96. The fourth-order valence-corrected chi connectivity index (χ4v) is 8.54. The van der Waals surface area contributed by atoms with E-state index in [-0.39, 0.29) is 0 Å². The average molecular weight is 999 g/mol. The Bertz CT molecular complexity index is 1650. The van der Waals surface area contributed by atoms with E-state index >= 15 is 0 Å². The number of hydrogen-bond donors (Lipinski definition) is 19. The van der Waals surface area contributed by atoms with Crippen molar-refractivity contribution in [3.63, 3.8) is 0 Å². The van der Waals surface area contributed by atoms with Gasteiger partial charge in [-0.2, -0.15) is 0 Å². The first-order valence-corrected chi connectivity index (χ1v) is 21.2. The average Bonchev–Trinajstić information content (AvgIpc) is 3.29. The highest BCUT2D eigenvalue weighted by atomic mass is 16.8. The van der Waals surface area contributed by atoms with E-state index in [4.69, 9.17) is 42.6 Å². The largest absolute Gasteiger partial charge is 0.477 e. The molecule has 31 nitrogen and oxygen atoms in total. The van der Waals surface area contributed by atoms with Crippen LogP contribution in [0.2, 0.25) is 0 Å². The second-order valence-corrected chi connectivity index (χ2v) is 16.8. The van der Waals surface area contributed by atoms with E-state index in [1.165, 1.54) is 0 Å². The number of aliphatic hydroxyl groups is 16. The number of carbonyl (C=O) groups excluding carboxylic acids is 2. The van der Waals surface area contributed by atoms with E-state index in [1.54, 1.807) is 0 Å². The Morgan fingerprint density at radius 3 is 1.56 bits per heavy atom. The van der Waals surface area contributed by atoms with E-state index < -0.39 is 216 Å². The molecule has 26 atom stereocenters. The molecule has 5 rings (SSSR count). The van der Waals surface area contributed by atoms with Crippen LogP contribution < -0.4 is 10.6 Å². The molecule has 68 heavy (non-hydrogen) atoms. The lowest BCUT2D eigenvalue weighted by Crippen LogP contribution is -2.71. The standard InChI is InChI=1S/C37H62N2O29/c1-9(45)38-17-11(47)3-37(36(58)59,67-30(17)19(49)12(48)4-40)68-31-21(51)14(6-42)62-35(26(31)56)66-29-18(39-10(2)46)33(61-13(5-41)20(29)50)64-28-16(8-44)63-34(25(55)23(28)53)65-27-15(7-43)60-32(57)24(54)22(27)52/h11-35,40-44,47-57H,3-8H2,1-2H3,(H,38,45)(H,39,46)(H,58,59)/t11-,12+,13+,14+,15+,16+,17+,18+,19+,20-,21-,22+,23+,24+,25+,26+,27+,28-,29+,30+,31-,32?,33-,34-,35-,37-/m0/s1. The Hall–Kier alpha value is -2.59. The van der Waals surface area contributed by atoms with Crippen LogP contribution in [0, 0.1) is 0 Å². The lowest BCUT2D eigenvalue weighted by Gasteiger charge is -2.51. The van der Waals surface area contributed by atoms with Gasteiger partial charge < -0.3 is 140 Å². The van der Waals surface area contributed by atoms with Gasteiger partial charge >= 0.3 is 5.97 Å². The van der Waals surface area contributed by atoms with Crippen molar-refractivity contribution in [3.8, 4) is 0 Å². The Morgan fingerprint density at radius 2 is 1.03 bits per heavy atom. The van der Waals surface area contributed by atoms with Gasteiger partial charge in [0.2, 0.25) is 11.8 Å². The third kappa shape index (κ3) is 11.8. The molecule has 5 heterocycles. The summed E-state index contributed by atoms with van der Waals surface area (Å²) in [5, 5.41) is 185. The highest BCUT2D eigenvalue weighted by molar-refractivity contribution is 5.76. The molecule has 0 bridgehead atoms. The number of hydrogen-bond acceptors (Lipinski definition) is 28. The molecule has 5 fully saturated rings. The highest BCUT2D eigenvalue weighted by Gasteiger charge is 2.61. The third-order valence-corrected chi connectivity index (χ3v) is 12.1. The monoisotopic (exact) mass is 998 g/mol. The molecule has 1 unspecified atom stereocenters. The molecular weight excluding hydrogens is 936 g/mol. The second kappa shape index (κ2) is 23.8. The third-order valence-electron chi connectivity index (χ3n) is 12.1. The molecule has 394 valence electrons. The Labute approximate surface area is 384 Å². The first kappa shape index (κ1) is 56.3. The summed E-state index contributed by atoms with van der Waals surface area (Å²) in [4.78, 5) is 37.6. The molecule has 2 amide bonds. The summed E-state index contributed by atoms with van der Waals surface area (Å²) in [6.45, 7) is -3.25. The van der Waals surface area contributed by atoms with Crippen molar-refractivity contribution in [2.75, 3.05) is 33.0 Å². The number of rotatable bonds is 18. The number of amides is 2. The maximum Gasteiger partial charge on any atom is 0.364 e. The van der Waals surface area contributed by atoms with Crippen molar-refractivity contribution in [3.05, 3.63) is 0 Å². The summed E-state index contributed by atoms with van der Waals surface area (Å²) in [6.07, 6.45) is -47.1. The number of carboxylic acid groups (broad SMARTS) is 1. The van der Waals surface area contributed by atoms with Gasteiger partial charge in [-0.1, -0.05) is 0 Å². The smallest absolute Gasteiger partial charge is 0.364 e. The van der Waals surface area contributed by atoms with Crippen LogP contribution in [0.1, 0.15) is 20.3 Å². The Kier molecular flexibility index (Phi) is 19.7. The summed E-state index contributed by atoms with van der Waals surface area (Å²) in [6, 6.07) is -3.47. The zero-order valence-electron chi connectivity index (χ0n) is 36.2. The van der Waals surface area contributed by atoms with Crippen LogP contribution in [0.3, 0.4) is 0 Å². The lowest BCUT2D eigenvalue weighted by atomic mass is 9.88. The topological polar surface area (TPSA) is 502 Å². The molecular formula is C37H62N2O29. The number of nitrogens with one attached hydrogen (secondary N) is 2. The molecule has 0 spiro atoms. The van der Waals surface area contributed by atoms with Gasteiger partial charge in [0.15, 0.2) is 25.2 Å². The van der Waals surface area contributed by atoms with Crippen molar-refractivity contribution < 1.29 is 144 Å². The van der Waals surface area contributed by atoms with Crippen molar-refractivity contribution in [2.24, 2.45) is 0 Å². The van der Waals surface area contributed by atoms with Gasteiger partial charge in [-0.05, 0) is 0 Å². The van der Waals surface area contributed by atoms with E-state index in [9.17, 15) is 101 Å². The zero-order valence-corrected chi connectivity index (χ0v) is 36.2. The van der Waals surface area contributed by atoms with Crippen LogP contribution in [0.15, 0.2) is 0 Å². The number of carboxylic acids is 1. The molecule has 5 saturated heterocycles. The van der Waals surface area contributed by atoms with Crippen LogP contribution in [-0.4, -0.2) is 297 Å². The van der Waals surface area contributed by atoms with Gasteiger partial charge in [-0.15, -0.1) is 0 Å². The Morgan fingerprint density at radius 1 is 0.574 bits per heavy atom. The number of ether oxygens (including phenoxy) is 9. The minimum absolute atomic E-state index is 0.815. The molecule has 5 aliphatic rings. The zero-order chi connectivity index (χ0) is 50.7. The molecule has 0 aromatic carbocycles. The number of aliphatic carboxylic acids is 1. The molecule has 19 N–H and O–H groups in total. The van der Waals surface area contributed by atoms with Gasteiger partial charge in [-0.25, -0.2) is 4.79 Å². The van der Waals surface area contributed by atoms with Crippen LogP contribution in [0.25, 0.3) is 0 Å². The van der Waals surface area contributed by atoms with Crippen LogP contribution in [-0.2, 0) is 57.0 Å². The molecule has 0 saturated carbocycles. The maximum atomic E-state index is 13.0. The summed E-state index contributed by atoms with van der Waals surface area (Å²) in [7, 11) is 0. The fraction of sp³-hybridized carbons (Fsp3) is 0.919. The van der Waals surface area contributed by atoms with E-state index in [2.05, 4.69) is 10.6 Å². The normalized spacial score (nSPS) is 46.6. The molecule has 0 aliphatic carbocycles. The fourth-order valence-electron chi connectivity index (χ4n) is 8.54. The van der Waals surface area contributed by atoms with Crippen LogP contribution in [0.4, 0.5) is 0 Å². The van der Waals surface area contributed by atoms with Gasteiger partial charge in [-0.3, -0.25) is 9.59 Å². The lowest BCUT2D eigenvalue weighted by molar-refractivity contribution is -0.388. The predicted octanol–water partition coefficient (Wildman–Crippen LogP) is -12.4. The van der Waals surface area contributed by atoms with E-state index in [1.807, 2.05) is 0 Å². The molecule has 31 heteroatoms. The molecule has 0 aromatic rings. The molecule has 0 aromatic heterocycles. The predicted molar refractivity (Wildman–Crippen MR) is 207 cm³/mol. The number of carbonyl (C=O) groups is 3. The van der Waals surface area contributed by atoms with Gasteiger partial charge in [0.25, 0.3) is 5.79 Å². The SMILES string of the molecule is CC(=O)N[C@H]1[C@H](O[C@@H]2[C@H](O)[C@@H](O)[C@H](O[C@H]3[C@H](O)[C@@H](O)C(O)O[C@@H]3CO)O[C@@H]2CO)O[C@H](CO)[C@H](O)[C@@H]1O[C@@H]1O[C@H](CO)[C@H](O)[C@H](O[C@]2(C(=O)O)C[C@H](O)[C@@H](NC(C)=O)[C@H]([C@H](O)[C@H](O)CO)O2)[C@H]1O. The quantitative estimate of drug-likeness (QED) is 0.0606. The maximum absolute atomic E-state index is 13.0. The first-order chi connectivity index (χ1) is 32.0. The number of aliphatic hydroxyl groups excluding tert-OH is 16. The molecule has 0 radical (unpaired) electrons. The summed E-state index contributed by atoms with van der Waals surface area (Å²) < 4.78 is 50.7. The van der Waals surface area contributed by atoms with Crippen molar-refractivity contribution in [2.45, 2.75) is 179 Å². The van der Waals surface area contributed by atoms with Crippen LogP contribution in [0.5, 0.6) is 0 Å². The Balaban J connectivity index is 1.42. The minimum Gasteiger partial charge on any atom is -0.477 e. The highest BCUT2D eigenvalue weighted by Crippen LogP contribution is 2.39.